The summed E-state index contributed by atoms with van der Waals surface area (Å²) < 4.78 is 42.9. The monoisotopic (exact) mass is 388 g/mol. The van der Waals surface area contributed by atoms with E-state index in [2.05, 4.69) is 9.94 Å². The van der Waals surface area contributed by atoms with Crippen molar-refractivity contribution >= 4 is 24.1 Å². The van der Waals surface area contributed by atoms with Crippen molar-refractivity contribution in [2.45, 2.75) is 58.8 Å². The molecule has 0 unspecified atom stereocenters. The second kappa shape index (κ2) is 6.57. The molecule has 148 valence electrons. The van der Waals surface area contributed by atoms with Gasteiger partial charge in [0.25, 0.3) is 5.69 Å². The van der Waals surface area contributed by atoms with E-state index >= 15 is 0 Å². The third-order valence-electron chi connectivity index (χ3n) is 5.40. The molecule has 0 amide bonds. The zero-order valence-corrected chi connectivity index (χ0v) is 16.8. The zero-order chi connectivity index (χ0) is 21.0. The molecule has 2 heterocycles. The minimum atomic E-state index is -1.12. The fourth-order valence-corrected chi connectivity index (χ4v) is 3.02. The molecule has 0 atom stereocenters. The molecule has 0 spiro atoms. The molecule has 6 nitrogen and oxygen atoms in total. The lowest BCUT2D eigenvalue weighted by Crippen LogP contribution is -2.41. The summed E-state index contributed by atoms with van der Waals surface area (Å²) in [6.45, 7) is 18.3. The SMILES string of the molecule is [C-]#[N+]c1c(-c2ccc(B3OC(C)(C)C(C)(C)O3)c(F)c2F)nn(C(C)C)c1N. The van der Waals surface area contributed by atoms with Crippen LogP contribution in [0.15, 0.2) is 12.1 Å². The number of halogens is 2. The minimum absolute atomic E-state index is 0.00427. The van der Waals surface area contributed by atoms with Gasteiger partial charge in [-0.2, -0.15) is 5.10 Å². The normalized spacial score (nSPS) is 17.9. The van der Waals surface area contributed by atoms with Crippen molar-refractivity contribution < 1.29 is 18.1 Å². The van der Waals surface area contributed by atoms with Crippen molar-refractivity contribution in [2.75, 3.05) is 5.73 Å². The van der Waals surface area contributed by atoms with E-state index in [1.807, 2.05) is 41.5 Å². The molecular formula is C19H23BF2N4O2. The summed E-state index contributed by atoms with van der Waals surface area (Å²) in [5.41, 5.74) is 4.44. The maximum absolute atomic E-state index is 15.0. The number of nitrogens with zero attached hydrogens (tertiary/aromatic N) is 3. The van der Waals surface area contributed by atoms with Crippen molar-refractivity contribution in [2.24, 2.45) is 0 Å². The van der Waals surface area contributed by atoms with E-state index in [4.69, 9.17) is 21.6 Å². The van der Waals surface area contributed by atoms with Gasteiger partial charge >= 0.3 is 7.12 Å². The van der Waals surface area contributed by atoms with Gasteiger partial charge in [0.15, 0.2) is 11.6 Å². The van der Waals surface area contributed by atoms with Gasteiger partial charge in [-0.05, 0) is 41.5 Å². The highest BCUT2D eigenvalue weighted by atomic mass is 19.2. The Morgan fingerprint density at radius 2 is 1.71 bits per heavy atom. The van der Waals surface area contributed by atoms with Crippen LogP contribution in [-0.4, -0.2) is 28.1 Å². The Balaban J connectivity index is 2.08. The molecular weight excluding hydrogens is 365 g/mol. The van der Waals surface area contributed by atoms with Crippen LogP contribution < -0.4 is 11.2 Å². The van der Waals surface area contributed by atoms with Crippen molar-refractivity contribution in [3.05, 3.63) is 35.2 Å². The lowest BCUT2D eigenvalue weighted by atomic mass is 9.78. The van der Waals surface area contributed by atoms with Crippen molar-refractivity contribution in [1.29, 1.82) is 0 Å². The third kappa shape index (κ3) is 2.97. The standard InChI is InChI=1S/C19H23BF2N4O2/c1-10(2)26-17(23)16(24-7)15(25-26)11-8-9-12(14(22)13(11)21)20-27-18(3,4)19(5,6)28-20/h8-10H,23H2,1-6H3. The topological polar surface area (TPSA) is 66.7 Å². The van der Waals surface area contributed by atoms with Crippen LogP contribution in [-0.2, 0) is 9.31 Å². The van der Waals surface area contributed by atoms with Crippen molar-refractivity contribution in [3.63, 3.8) is 0 Å². The molecule has 0 radical (unpaired) electrons. The summed E-state index contributed by atoms with van der Waals surface area (Å²) >= 11 is 0. The predicted molar refractivity (Wildman–Crippen MR) is 104 cm³/mol. The first-order chi connectivity index (χ1) is 12.9. The first-order valence-corrected chi connectivity index (χ1v) is 9.00. The second-order valence-electron chi connectivity index (χ2n) is 8.15. The molecule has 1 fully saturated rings. The number of anilines is 1. The van der Waals surface area contributed by atoms with Gasteiger partial charge in [0.2, 0.25) is 0 Å². The summed E-state index contributed by atoms with van der Waals surface area (Å²) in [5, 5.41) is 4.23. The van der Waals surface area contributed by atoms with E-state index in [0.29, 0.717) is 0 Å². The Morgan fingerprint density at radius 1 is 1.14 bits per heavy atom. The van der Waals surface area contributed by atoms with Crippen LogP contribution in [0.4, 0.5) is 20.3 Å². The van der Waals surface area contributed by atoms with Crippen LogP contribution in [0.2, 0.25) is 0 Å². The average molecular weight is 388 g/mol. The summed E-state index contributed by atoms with van der Waals surface area (Å²) in [7, 11) is -1.04. The van der Waals surface area contributed by atoms with Crippen LogP contribution in [0.5, 0.6) is 0 Å². The van der Waals surface area contributed by atoms with E-state index < -0.39 is 30.0 Å². The Hall–Kier alpha value is -2.44. The summed E-state index contributed by atoms with van der Waals surface area (Å²) in [4.78, 5) is 3.36. The van der Waals surface area contributed by atoms with Gasteiger partial charge in [-0.25, -0.2) is 13.6 Å². The van der Waals surface area contributed by atoms with Gasteiger partial charge in [0, 0.05) is 17.1 Å². The van der Waals surface area contributed by atoms with E-state index in [-0.39, 0.29) is 34.3 Å². The molecule has 1 aliphatic heterocycles. The molecule has 1 aliphatic rings. The summed E-state index contributed by atoms with van der Waals surface area (Å²) in [5.74, 6) is -2.09. The number of nitrogen functional groups attached to an aromatic ring is 1. The molecule has 28 heavy (non-hydrogen) atoms. The number of rotatable bonds is 3. The Labute approximate surface area is 163 Å². The largest absolute Gasteiger partial charge is 0.497 e. The molecule has 1 aromatic carbocycles. The Morgan fingerprint density at radius 3 is 2.21 bits per heavy atom. The number of hydrogen-bond donors (Lipinski definition) is 1. The van der Waals surface area contributed by atoms with Gasteiger partial charge in [-0.1, -0.05) is 12.1 Å². The maximum atomic E-state index is 15.0. The van der Waals surface area contributed by atoms with Crippen LogP contribution in [0.1, 0.15) is 47.6 Å². The van der Waals surface area contributed by atoms with Gasteiger partial charge in [0.05, 0.1) is 17.8 Å². The number of nitrogens with two attached hydrogens (primary N) is 1. The lowest BCUT2D eigenvalue weighted by Gasteiger charge is -2.32. The molecule has 2 N–H and O–H groups in total. The van der Waals surface area contributed by atoms with Crippen LogP contribution in [0, 0.1) is 18.2 Å². The first kappa shape index (κ1) is 20.3. The second-order valence-corrected chi connectivity index (χ2v) is 8.15. The number of aromatic nitrogens is 2. The fraction of sp³-hybridized carbons (Fsp3) is 0.474. The lowest BCUT2D eigenvalue weighted by molar-refractivity contribution is 0.00578. The number of benzene rings is 1. The van der Waals surface area contributed by atoms with Gasteiger partial charge in [-0.3, -0.25) is 4.68 Å². The van der Waals surface area contributed by atoms with Gasteiger partial charge < -0.3 is 15.0 Å². The average Bonchev–Trinajstić information content (AvgIpc) is 3.02. The quantitative estimate of drug-likeness (QED) is 0.641. The smallest absolute Gasteiger partial charge is 0.399 e. The van der Waals surface area contributed by atoms with E-state index in [1.165, 1.54) is 16.8 Å². The van der Waals surface area contributed by atoms with Gasteiger partial charge in [-0.15, -0.1) is 0 Å². The molecule has 0 aliphatic carbocycles. The van der Waals surface area contributed by atoms with E-state index in [9.17, 15) is 8.78 Å². The highest BCUT2D eigenvalue weighted by molar-refractivity contribution is 6.62. The van der Waals surface area contributed by atoms with E-state index in [1.54, 1.807) is 0 Å². The van der Waals surface area contributed by atoms with Crippen LogP contribution >= 0.6 is 0 Å². The molecule has 1 aromatic heterocycles. The molecule has 3 rings (SSSR count). The third-order valence-corrected chi connectivity index (χ3v) is 5.40. The van der Waals surface area contributed by atoms with Crippen molar-refractivity contribution in [3.8, 4) is 11.3 Å². The molecule has 9 heteroatoms. The molecule has 0 bridgehead atoms. The Kier molecular flexibility index (Phi) is 4.76. The maximum Gasteiger partial charge on any atom is 0.497 e. The number of hydrogen-bond acceptors (Lipinski definition) is 4. The van der Waals surface area contributed by atoms with Crippen LogP contribution in [0.3, 0.4) is 0 Å². The molecule has 2 aromatic rings. The fourth-order valence-electron chi connectivity index (χ4n) is 3.02. The first-order valence-electron chi connectivity index (χ1n) is 9.00. The highest BCUT2D eigenvalue weighted by Gasteiger charge is 2.52. The zero-order valence-electron chi connectivity index (χ0n) is 16.8. The Bertz CT molecular complexity index is 963. The predicted octanol–water partition coefficient (Wildman–Crippen LogP) is 3.84. The molecule has 1 saturated heterocycles. The highest BCUT2D eigenvalue weighted by Crippen LogP contribution is 2.39. The summed E-state index contributed by atoms with van der Waals surface area (Å²) in [6.07, 6.45) is 0. The van der Waals surface area contributed by atoms with Crippen molar-refractivity contribution in [1.82, 2.24) is 9.78 Å². The summed E-state index contributed by atoms with van der Waals surface area (Å²) in [6, 6.07) is 2.64. The van der Waals surface area contributed by atoms with Gasteiger partial charge in [0.1, 0.15) is 11.5 Å². The van der Waals surface area contributed by atoms with E-state index in [0.717, 1.165) is 0 Å². The minimum Gasteiger partial charge on any atom is -0.399 e. The van der Waals surface area contributed by atoms with Crippen LogP contribution in [0.25, 0.3) is 16.1 Å². The molecule has 0 saturated carbocycles.